The van der Waals surface area contributed by atoms with Crippen LogP contribution in [0.3, 0.4) is 0 Å². The van der Waals surface area contributed by atoms with Gasteiger partial charge in [0, 0.05) is 10.8 Å². The van der Waals surface area contributed by atoms with Crippen LogP contribution in [0.1, 0.15) is 99.8 Å². The molecule has 24 heteroatoms. The van der Waals surface area contributed by atoms with Gasteiger partial charge in [-0.1, -0.05) is 53.2 Å². The molecule has 9 rings (SSSR count). The molecule has 24 nitrogen and oxygen atoms in total. The van der Waals surface area contributed by atoms with Crippen molar-refractivity contribution in [2.45, 2.75) is 241 Å². The van der Waals surface area contributed by atoms with Gasteiger partial charge in [0.15, 0.2) is 25.2 Å². The second kappa shape index (κ2) is 22.3. The van der Waals surface area contributed by atoms with Gasteiger partial charge in [-0.25, -0.2) is 0 Å². The first-order valence-electron chi connectivity index (χ1n) is 28.1. The van der Waals surface area contributed by atoms with Crippen LogP contribution in [0.15, 0.2) is 11.6 Å². The fourth-order valence-corrected chi connectivity index (χ4v) is 16.6. The van der Waals surface area contributed by atoms with Crippen LogP contribution in [0.2, 0.25) is 0 Å². The summed E-state index contributed by atoms with van der Waals surface area (Å²) in [5.41, 5.74) is -2.97. The highest BCUT2D eigenvalue weighted by Crippen LogP contribution is 2.76. The van der Waals surface area contributed by atoms with Gasteiger partial charge >= 0.3 is 0 Å². The fraction of sp³-hybridized carbons (Fsp3) is 0.963. The summed E-state index contributed by atoms with van der Waals surface area (Å²) in [5, 5.41) is 175. The number of allylic oxidation sites excluding steroid dienone is 2. The summed E-state index contributed by atoms with van der Waals surface area (Å²) < 4.78 is 48.4. The lowest BCUT2D eigenvalue weighted by Crippen LogP contribution is -2.69. The quantitative estimate of drug-likeness (QED) is 0.0792. The Bertz CT molecular complexity index is 2110. The summed E-state index contributed by atoms with van der Waals surface area (Å²) in [6, 6.07) is 0. The van der Waals surface area contributed by atoms with E-state index in [1.807, 2.05) is 20.8 Å². The predicted molar refractivity (Wildman–Crippen MR) is 265 cm³/mol. The summed E-state index contributed by atoms with van der Waals surface area (Å²) in [5.74, 6) is -0.451. The Balaban J connectivity index is 0.983. The van der Waals surface area contributed by atoms with E-state index in [1.165, 1.54) is 6.92 Å². The van der Waals surface area contributed by atoms with Crippen molar-refractivity contribution in [1.82, 2.24) is 0 Å². The molecule has 5 aliphatic carbocycles. The van der Waals surface area contributed by atoms with E-state index in [1.54, 1.807) is 0 Å². The van der Waals surface area contributed by atoms with Crippen LogP contribution in [-0.2, 0) is 37.9 Å². The third-order valence-corrected chi connectivity index (χ3v) is 21.8. The number of aliphatic hydroxyl groups excluding tert-OH is 16. The molecule has 0 aromatic carbocycles. The molecule has 78 heavy (non-hydrogen) atoms. The summed E-state index contributed by atoms with van der Waals surface area (Å²) in [6.07, 6.45) is -28.4. The first kappa shape index (κ1) is 61.3. The molecular formula is C54H90O24. The Morgan fingerprint density at radius 2 is 1.01 bits per heavy atom. The van der Waals surface area contributed by atoms with Crippen LogP contribution in [0.4, 0.5) is 0 Å². The lowest BCUT2D eigenvalue weighted by Gasteiger charge is -2.72. The largest absolute Gasteiger partial charge is 0.394 e. The third-order valence-electron chi connectivity index (χ3n) is 21.8. The molecule has 0 radical (unpaired) electrons. The van der Waals surface area contributed by atoms with Crippen molar-refractivity contribution in [3.8, 4) is 0 Å². The average molecular weight is 1120 g/mol. The topological polar surface area (TPSA) is 398 Å². The molecule has 0 bridgehead atoms. The van der Waals surface area contributed by atoms with Crippen molar-refractivity contribution in [3.63, 3.8) is 0 Å². The monoisotopic (exact) mass is 1120 g/mol. The Morgan fingerprint density at radius 1 is 0.513 bits per heavy atom. The van der Waals surface area contributed by atoms with Crippen molar-refractivity contribution >= 4 is 0 Å². The third kappa shape index (κ3) is 9.71. The number of hydrogen-bond acceptors (Lipinski definition) is 24. The van der Waals surface area contributed by atoms with E-state index >= 15 is 0 Å². The standard InChI is InChI=1S/C54H90O24/c1-22-31(59)35(63)39(67)45(73-22)77-41-37(65)33(61)26(18-56)75-47(41)71-20-51(5)28-10-13-53(7)29(50(28,4)12-11-30(51)58)9-8-23-24-16-49(2,3)43(69)44(70)54(24,15-14-52(23,53)6)21-72-48-42(38(66)34(62)27(19-57)76-48)78-46-40(68)36(64)32(60)25(17-55)74-46/h8,22,24-48,55-70H,9-21H2,1-7H3/t22-,24?,25+,26+,27+,28?,29+,30-,31-,32+,33+,34+,35+,36-,37-,38-,39+,40+,41+,42+,43-,44-,45-,46-,47+,48+,50-,51+,52+,53+,54-/m0/s1. The normalized spacial score (nSPS) is 56.2. The van der Waals surface area contributed by atoms with E-state index in [-0.39, 0.29) is 36.4 Å². The minimum Gasteiger partial charge on any atom is -0.394 e. The van der Waals surface area contributed by atoms with E-state index < -0.39 is 188 Å². The molecule has 8 fully saturated rings. The summed E-state index contributed by atoms with van der Waals surface area (Å²) in [7, 11) is 0. The number of fused-ring (bicyclic) bond motifs is 7. The molecule has 4 saturated heterocycles. The zero-order valence-electron chi connectivity index (χ0n) is 45.7. The summed E-state index contributed by atoms with van der Waals surface area (Å²) in [6.45, 7) is 11.6. The van der Waals surface area contributed by atoms with Gasteiger partial charge in [0.2, 0.25) is 0 Å². The first-order valence-corrected chi connectivity index (χ1v) is 28.1. The molecule has 31 atom stereocenters. The van der Waals surface area contributed by atoms with E-state index in [2.05, 4.69) is 26.8 Å². The molecule has 0 spiro atoms. The van der Waals surface area contributed by atoms with E-state index in [9.17, 15) is 81.7 Å². The molecule has 2 unspecified atom stereocenters. The molecule has 9 aliphatic rings. The Labute approximate surface area is 454 Å². The Hall–Kier alpha value is -1.22. The average Bonchev–Trinajstić information content (AvgIpc) is 3.48. The molecular weight excluding hydrogens is 1030 g/mol. The number of ether oxygens (including phenoxy) is 8. The molecule has 16 N–H and O–H groups in total. The Morgan fingerprint density at radius 3 is 1.56 bits per heavy atom. The lowest BCUT2D eigenvalue weighted by atomic mass is 9.33. The number of aliphatic hydroxyl groups is 16. The van der Waals surface area contributed by atoms with Gasteiger partial charge in [0.25, 0.3) is 0 Å². The second-order valence-corrected chi connectivity index (χ2v) is 26.3. The zero-order valence-corrected chi connectivity index (χ0v) is 45.7. The second-order valence-electron chi connectivity index (χ2n) is 26.3. The van der Waals surface area contributed by atoms with Crippen LogP contribution >= 0.6 is 0 Å². The van der Waals surface area contributed by atoms with Crippen molar-refractivity contribution < 1.29 is 120 Å². The maximum absolute atomic E-state index is 12.5. The van der Waals surface area contributed by atoms with Gasteiger partial charge < -0.3 is 120 Å². The minimum absolute atomic E-state index is 0.0611. The van der Waals surface area contributed by atoms with Gasteiger partial charge in [-0.2, -0.15) is 0 Å². The number of rotatable bonds is 13. The molecule has 0 aromatic rings. The fourth-order valence-electron chi connectivity index (χ4n) is 16.6. The van der Waals surface area contributed by atoms with Crippen molar-refractivity contribution in [3.05, 3.63) is 11.6 Å². The van der Waals surface area contributed by atoms with Crippen molar-refractivity contribution in [2.24, 2.45) is 50.2 Å². The molecule has 0 amide bonds. The van der Waals surface area contributed by atoms with E-state index in [0.717, 1.165) is 12.0 Å². The summed E-state index contributed by atoms with van der Waals surface area (Å²) in [4.78, 5) is 0. The van der Waals surface area contributed by atoms with Crippen LogP contribution in [0.5, 0.6) is 0 Å². The molecule has 4 saturated carbocycles. The van der Waals surface area contributed by atoms with Crippen LogP contribution in [-0.4, -0.2) is 256 Å². The van der Waals surface area contributed by atoms with E-state index in [0.29, 0.717) is 44.9 Å². The van der Waals surface area contributed by atoms with Gasteiger partial charge in [-0.3, -0.25) is 0 Å². The predicted octanol–water partition coefficient (Wildman–Crippen LogP) is -3.62. The van der Waals surface area contributed by atoms with Crippen molar-refractivity contribution in [1.29, 1.82) is 0 Å². The lowest BCUT2D eigenvalue weighted by molar-refractivity contribution is -0.372. The maximum Gasteiger partial charge on any atom is 0.187 e. The zero-order chi connectivity index (χ0) is 57.1. The molecule has 4 heterocycles. The van der Waals surface area contributed by atoms with Crippen LogP contribution in [0, 0.1) is 50.2 Å². The van der Waals surface area contributed by atoms with Gasteiger partial charge in [-0.15, -0.1) is 0 Å². The highest BCUT2D eigenvalue weighted by molar-refractivity contribution is 5.35. The Kier molecular flexibility index (Phi) is 17.6. The van der Waals surface area contributed by atoms with Crippen molar-refractivity contribution in [2.75, 3.05) is 33.0 Å². The van der Waals surface area contributed by atoms with Gasteiger partial charge in [0.1, 0.15) is 91.6 Å². The molecule has 4 aliphatic heterocycles. The molecule has 0 aromatic heterocycles. The highest BCUT2D eigenvalue weighted by Gasteiger charge is 2.71. The van der Waals surface area contributed by atoms with Crippen LogP contribution < -0.4 is 0 Å². The smallest absolute Gasteiger partial charge is 0.187 e. The summed E-state index contributed by atoms with van der Waals surface area (Å²) >= 11 is 0. The van der Waals surface area contributed by atoms with E-state index in [4.69, 9.17) is 37.9 Å². The van der Waals surface area contributed by atoms with Crippen LogP contribution in [0.25, 0.3) is 0 Å². The first-order chi connectivity index (χ1) is 36.5. The SMILES string of the molecule is C[C@@H]1O[C@@H](O[C@H]2[C@H](OC[C@]3(C)C4CC[C@]5(C)[C@H](CC=C6C7CC(C)(C)[C@@H](O)[C@H](O)[C@]7(CO[C@@H]7O[C@H](CO)[C@@H](O)[C@H](O)[C@H]7O[C@@H]7O[C@H](CO)[C@@H](O)[C@H](O)[C@H]7O)CC[C@]65C)[C@@]4(C)CC[C@@H]3O)O[C@H](CO)[C@@H](O)[C@@H]2O)[C@H](O)[C@H](O)[C@H]1O. The van der Waals surface area contributed by atoms with Gasteiger partial charge in [-0.05, 0) is 97.7 Å². The maximum atomic E-state index is 12.5. The van der Waals surface area contributed by atoms with Gasteiger partial charge in [0.05, 0.1) is 57.5 Å². The minimum atomic E-state index is -1.88. The molecule has 450 valence electrons. The highest BCUT2D eigenvalue weighted by atomic mass is 16.8. The number of hydrogen-bond donors (Lipinski definition) is 16.